The summed E-state index contributed by atoms with van der Waals surface area (Å²) in [6.45, 7) is 2.00. The molecule has 0 fully saturated rings. The highest BCUT2D eigenvalue weighted by Gasteiger charge is 2.07. The highest BCUT2D eigenvalue weighted by atomic mass is 19.1. The number of carbonyl (C=O) groups excluding carboxylic acids is 1. The molecule has 0 bridgehead atoms. The van der Waals surface area contributed by atoms with E-state index in [1.165, 1.54) is 18.2 Å². The van der Waals surface area contributed by atoms with Crippen LogP contribution in [0.2, 0.25) is 0 Å². The maximum Gasteiger partial charge on any atom is 0.238 e. The van der Waals surface area contributed by atoms with E-state index in [0.717, 1.165) is 6.42 Å². The molecular weight excluding hydrogens is 223 g/mol. The van der Waals surface area contributed by atoms with Gasteiger partial charge in [0.15, 0.2) is 0 Å². The van der Waals surface area contributed by atoms with Crippen molar-refractivity contribution < 1.29 is 14.3 Å². The van der Waals surface area contributed by atoms with E-state index in [0.29, 0.717) is 5.69 Å². The molecule has 1 unspecified atom stereocenters. The summed E-state index contributed by atoms with van der Waals surface area (Å²) in [5, 5.41) is 14.4. The fraction of sp³-hybridized carbons (Fsp3) is 0.417. The Kier molecular flexibility index (Phi) is 5.59. The largest absolute Gasteiger partial charge is 0.395 e. The van der Waals surface area contributed by atoms with Gasteiger partial charge in [0.05, 0.1) is 13.2 Å². The fourth-order valence-electron chi connectivity index (χ4n) is 1.35. The van der Waals surface area contributed by atoms with Crippen molar-refractivity contribution in [2.24, 2.45) is 0 Å². The Morgan fingerprint density at radius 1 is 1.53 bits per heavy atom. The van der Waals surface area contributed by atoms with Gasteiger partial charge in [0, 0.05) is 11.7 Å². The topological polar surface area (TPSA) is 61.4 Å². The number of anilines is 1. The summed E-state index contributed by atoms with van der Waals surface area (Å²) in [6, 6.07) is 5.62. The minimum absolute atomic E-state index is 0.0102. The van der Waals surface area contributed by atoms with Crippen molar-refractivity contribution >= 4 is 11.6 Å². The molecule has 1 amide bonds. The number of aliphatic hydroxyl groups excluding tert-OH is 1. The van der Waals surface area contributed by atoms with Gasteiger partial charge in [0.2, 0.25) is 5.91 Å². The minimum Gasteiger partial charge on any atom is -0.395 e. The Labute approximate surface area is 99.8 Å². The molecular formula is C12H17FN2O2. The lowest BCUT2D eigenvalue weighted by Crippen LogP contribution is -2.37. The molecule has 0 saturated heterocycles. The average molecular weight is 240 g/mol. The van der Waals surface area contributed by atoms with Gasteiger partial charge in [-0.25, -0.2) is 4.39 Å². The molecule has 1 rings (SSSR count). The average Bonchev–Trinajstić information content (AvgIpc) is 2.30. The van der Waals surface area contributed by atoms with Crippen LogP contribution < -0.4 is 10.6 Å². The van der Waals surface area contributed by atoms with E-state index in [9.17, 15) is 9.18 Å². The van der Waals surface area contributed by atoms with Gasteiger partial charge in [-0.3, -0.25) is 4.79 Å². The van der Waals surface area contributed by atoms with Crippen LogP contribution in [0.3, 0.4) is 0 Å². The Morgan fingerprint density at radius 2 is 2.29 bits per heavy atom. The maximum absolute atomic E-state index is 12.8. The quantitative estimate of drug-likeness (QED) is 0.698. The summed E-state index contributed by atoms with van der Waals surface area (Å²) >= 11 is 0. The Balaban J connectivity index is 2.39. The van der Waals surface area contributed by atoms with Crippen LogP contribution in [0.15, 0.2) is 24.3 Å². The van der Waals surface area contributed by atoms with E-state index in [1.807, 2.05) is 6.92 Å². The summed E-state index contributed by atoms with van der Waals surface area (Å²) in [6.07, 6.45) is 0.740. The SMILES string of the molecule is CCC(CO)NCC(=O)Nc1cccc(F)c1. The van der Waals surface area contributed by atoms with Gasteiger partial charge >= 0.3 is 0 Å². The minimum atomic E-state index is -0.391. The highest BCUT2D eigenvalue weighted by molar-refractivity contribution is 5.92. The lowest BCUT2D eigenvalue weighted by molar-refractivity contribution is -0.115. The molecule has 4 nitrogen and oxygen atoms in total. The predicted molar refractivity (Wildman–Crippen MR) is 64.2 cm³/mol. The monoisotopic (exact) mass is 240 g/mol. The number of amides is 1. The predicted octanol–water partition coefficient (Wildman–Crippen LogP) is 1.12. The Hall–Kier alpha value is -1.46. The fourth-order valence-corrected chi connectivity index (χ4v) is 1.35. The molecule has 0 aliphatic rings. The summed E-state index contributed by atoms with van der Waals surface area (Å²) < 4.78 is 12.8. The van der Waals surface area contributed by atoms with Crippen LogP contribution in [0.4, 0.5) is 10.1 Å². The van der Waals surface area contributed by atoms with E-state index >= 15 is 0 Å². The number of hydrogen-bond acceptors (Lipinski definition) is 3. The van der Waals surface area contributed by atoms with Crippen LogP contribution >= 0.6 is 0 Å². The summed E-state index contributed by atoms with van der Waals surface area (Å²) in [5.41, 5.74) is 0.425. The summed E-state index contributed by atoms with van der Waals surface area (Å²) in [5.74, 6) is -0.653. The zero-order valence-corrected chi connectivity index (χ0v) is 9.74. The zero-order chi connectivity index (χ0) is 12.7. The normalized spacial score (nSPS) is 12.2. The van der Waals surface area contributed by atoms with Crippen LogP contribution in [0, 0.1) is 5.82 Å². The van der Waals surface area contributed by atoms with E-state index < -0.39 is 5.82 Å². The van der Waals surface area contributed by atoms with Gasteiger partial charge in [-0.1, -0.05) is 13.0 Å². The molecule has 17 heavy (non-hydrogen) atoms. The van der Waals surface area contributed by atoms with E-state index in [2.05, 4.69) is 10.6 Å². The number of nitrogens with one attached hydrogen (secondary N) is 2. The zero-order valence-electron chi connectivity index (χ0n) is 9.74. The molecule has 0 aliphatic heterocycles. The van der Waals surface area contributed by atoms with Crippen molar-refractivity contribution in [1.82, 2.24) is 5.32 Å². The number of halogens is 1. The first-order chi connectivity index (χ1) is 8.15. The molecule has 0 aromatic heterocycles. The molecule has 1 aromatic carbocycles. The second-order valence-corrected chi connectivity index (χ2v) is 3.73. The Bertz CT molecular complexity index is 367. The van der Waals surface area contributed by atoms with Crippen LogP contribution in [0.1, 0.15) is 13.3 Å². The third kappa shape index (κ3) is 4.93. The third-order valence-electron chi connectivity index (χ3n) is 2.37. The first-order valence-electron chi connectivity index (χ1n) is 5.55. The molecule has 3 N–H and O–H groups in total. The van der Waals surface area contributed by atoms with Crippen LogP contribution in [0.25, 0.3) is 0 Å². The highest BCUT2D eigenvalue weighted by Crippen LogP contribution is 2.08. The Morgan fingerprint density at radius 3 is 2.88 bits per heavy atom. The molecule has 0 radical (unpaired) electrons. The van der Waals surface area contributed by atoms with Gasteiger partial charge in [-0.05, 0) is 24.6 Å². The van der Waals surface area contributed by atoms with Gasteiger partial charge in [-0.15, -0.1) is 0 Å². The van der Waals surface area contributed by atoms with Gasteiger partial charge in [0.1, 0.15) is 5.82 Å². The summed E-state index contributed by atoms with van der Waals surface area (Å²) in [4.78, 5) is 11.5. The molecule has 5 heteroatoms. The van der Waals surface area contributed by atoms with E-state index in [1.54, 1.807) is 6.07 Å². The van der Waals surface area contributed by atoms with E-state index in [4.69, 9.17) is 5.11 Å². The molecule has 0 aliphatic carbocycles. The first-order valence-corrected chi connectivity index (χ1v) is 5.55. The van der Waals surface area contributed by atoms with E-state index in [-0.39, 0.29) is 25.1 Å². The third-order valence-corrected chi connectivity index (χ3v) is 2.37. The van der Waals surface area contributed by atoms with Gasteiger partial charge < -0.3 is 15.7 Å². The number of rotatable bonds is 6. The molecule has 1 aromatic rings. The van der Waals surface area contributed by atoms with Crippen molar-refractivity contribution in [1.29, 1.82) is 0 Å². The second-order valence-electron chi connectivity index (χ2n) is 3.73. The standard InChI is InChI=1S/C12H17FN2O2/c1-2-10(8-16)14-7-12(17)15-11-5-3-4-9(13)6-11/h3-6,10,14,16H,2,7-8H2,1H3,(H,15,17). The molecule has 0 saturated carbocycles. The van der Waals surface area contributed by atoms with Crippen LogP contribution in [-0.4, -0.2) is 30.2 Å². The van der Waals surface area contributed by atoms with Gasteiger partial charge in [-0.2, -0.15) is 0 Å². The second kappa shape index (κ2) is 6.98. The lowest BCUT2D eigenvalue weighted by Gasteiger charge is -2.13. The molecule has 1 atom stereocenters. The molecule has 0 spiro atoms. The smallest absolute Gasteiger partial charge is 0.238 e. The molecule has 0 heterocycles. The number of hydrogen-bond donors (Lipinski definition) is 3. The van der Waals surface area contributed by atoms with Crippen LogP contribution in [0.5, 0.6) is 0 Å². The van der Waals surface area contributed by atoms with Crippen molar-refractivity contribution in [3.05, 3.63) is 30.1 Å². The maximum atomic E-state index is 12.8. The van der Waals surface area contributed by atoms with Gasteiger partial charge in [0.25, 0.3) is 0 Å². The van der Waals surface area contributed by atoms with Crippen molar-refractivity contribution in [2.45, 2.75) is 19.4 Å². The number of carbonyl (C=O) groups is 1. The van der Waals surface area contributed by atoms with Crippen LogP contribution in [-0.2, 0) is 4.79 Å². The summed E-state index contributed by atoms with van der Waals surface area (Å²) in [7, 11) is 0. The van der Waals surface area contributed by atoms with Crippen molar-refractivity contribution in [2.75, 3.05) is 18.5 Å². The number of aliphatic hydroxyl groups is 1. The first kappa shape index (κ1) is 13.6. The number of benzene rings is 1. The lowest BCUT2D eigenvalue weighted by atomic mass is 10.2. The molecule has 94 valence electrons. The van der Waals surface area contributed by atoms with Crippen molar-refractivity contribution in [3.8, 4) is 0 Å². The van der Waals surface area contributed by atoms with Crippen molar-refractivity contribution in [3.63, 3.8) is 0 Å².